The summed E-state index contributed by atoms with van der Waals surface area (Å²) in [5, 5.41) is 3.29. The molecule has 1 aliphatic rings. The van der Waals surface area contributed by atoms with Crippen molar-refractivity contribution in [3.8, 4) is 11.5 Å². The lowest BCUT2D eigenvalue weighted by Gasteiger charge is -2.18. The van der Waals surface area contributed by atoms with E-state index in [9.17, 15) is 0 Å². The molecule has 3 nitrogen and oxygen atoms in total. The summed E-state index contributed by atoms with van der Waals surface area (Å²) >= 11 is 4.14. The van der Waals surface area contributed by atoms with E-state index >= 15 is 0 Å². The third-order valence-electron chi connectivity index (χ3n) is 2.22. The van der Waals surface area contributed by atoms with Gasteiger partial charge in [-0.2, -0.15) is 12.6 Å². The molecule has 0 radical (unpaired) electrons. The molecule has 15 heavy (non-hydrogen) atoms. The fourth-order valence-corrected chi connectivity index (χ4v) is 1.67. The maximum atomic E-state index is 5.50. The number of fused-ring (bicyclic) bond motifs is 1. The van der Waals surface area contributed by atoms with Gasteiger partial charge in [0.25, 0.3) is 0 Å². The van der Waals surface area contributed by atoms with Crippen molar-refractivity contribution in [1.29, 1.82) is 0 Å². The van der Waals surface area contributed by atoms with Gasteiger partial charge in [-0.15, -0.1) is 0 Å². The Bertz CT molecular complexity index is 330. The molecule has 4 heteroatoms. The zero-order valence-electron chi connectivity index (χ0n) is 8.53. The molecule has 0 spiro atoms. The van der Waals surface area contributed by atoms with Crippen LogP contribution in [0.25, 0.3) is 0 Å². The normalized spacial score (nSPS) is 13.9. The molecule has 1 aromatic rings. The van der Waals surface area contributed by atoms with Crippen LogP contribution in [0.3, 0.4) is 0 Å². The second-order valence-electron chi connectivity index (χ2n) is 3.38. The molecule has 1 aromatic carbocycles. The number of rotatable bonds is 4. The molecule has 1 heterocycles. The van der Waals surface area contributed by atoms with E-state index in [4.69, 9.17) is 9.47 Å². The molecule has 82 valence electrons. The smallest absolute Gasteiger partial charge is 0.161 e. The third-order valence-corrected chi connectivity index (χ3v) is 2.45. The SMILES string of the molecule is SCCNCc1ccc2c(c1)OCCO2. The average Bonchev–Trinajstić information content (AvgIpc) is 2.29. The van der Waals surface area contributed by atoms with E-state index in [0.29, 0.717) is 13.2 Å². The van der Waals surface area contributed by atoms with Crippen LogP contribution >= 0.6 is 12.6 Å². The Balaban J connectivity index is 2.00. The van der Waals surface area contributed by atoms with E-state index in [1.54, 1.807) is 0 Å². The van der Waals surface area contributed by atoms with Crippen LogP contribution in [0.2, 0.25) is 0 Å². The summed E-state index contributed by atoms with van der Waals surface area (Å²) in [6, 6.07) is 6.05. The molecule has 2 rings (SSSR count). The number of hydrogen-bond donors (Lipinski definition) is 2. The fourth-order valence-electron chi connectivity index (χ4n) is 1.51. The second-order valence-corrected chi connectivity index (χ2v) is 3.83. The van der Waals surface area contributed by atoms with E-state index < -0.39 is 0 Å². The first kappa shape index (κ1) is 10.6. The number of thiol groups is 1. The van der Waals surface area contributed by atoms with Crippen LogP contribution in [0.1, 0.15) is 5.56 Å². The van der Waals surface area contributed by atoms with Crippen LogP contribution in [0, 0.1) is 0 Å². The first-order valence-electron chi connectivity index (χ1n) is 5.10. The lowest BCUT2D eigenvalue weighted by molar-refractivity contribution is 0.171. The lowest BCUT2D eigenvalue weighted by Crippen LogP contribution is -2.17. The highest BCUT2D eigenvalue weighted by molar-refractivity contribution is 7.80. The summed E-state index contributed by atoms with van der Waals surface area (Å²) in [5.41, 5.74) is 1.21. The van der Waals surface area contributed by atoms with Gasteiger partial charge in [-0.3, -0.25) is 0 Å². The molecule has 0 bridgehead atoms. The van der Waals surface area contributed by atoms with Crippen molar-refractivity contribution in [1.82, 2.24) is 5.32 Å². The molecule has 0 aromatic heterocycles. The van der Waals surface area contributed by atoms with E-state index in [0.717, 1.165) is 30.3 Å². The molecule has 1 N–H and O–H groups in total. The zero-order valence-corrected chi connectivity index (χ0v) is 9.43. The lowest BCUT2D eigenvalue weighted by atomic mass is 10.2. The topological polar surface area (TPSA) is 30.5 Å². The summed E-state index contributed by atoms with van der Waals surface area (Å²) in [5.74, 6) is 2.55. The van der Waals surface area contributed by atoms with Gasteiger partial charge in [-0.25, -0.2) is 0 Å². The minimum atomic E-state index is 0.639. The monoisotopic (exact) mass is 225 g/mol. The van der Waals surface area contributed by atoms with Gasteiger partial charge >= 0.3 is 0 Å². The Hall–Kier alpha value is -0.870. The first-order valence-corrected chi connectivity index (χ1v) is 5.73. The van der Waals surface area contributed by atoms with Crippen molar-refractivity contribution < 1.29 is 9.47 Å². The summed E-state index contributed by atoms with van der Waals surface area (Å²) in [7, 11) is 0. The van der Waals surface area contributed by atoms with E-state index in [1.807, 2.05) is 12.1 Å². The predicted molar refractivity (Wildman–Crippen MR) is 63.0 cm³/mol. The second kappa shape index (κ2) is 5.28. The molecule has 0 saturated carbocycles. The molecule has 0 atom stereocenters. The molecular formula is C11H15NO2S. The van der Waals surface area contributed by atoms with Crippen molar-refractivity contribution in [2.45, 2.75) is 6.54 Å². The first-order chi connectivity index (χ1) is 7.40. The Morgan fingerprint density at radius 2 is 2.00 bits per heavy atom. The maximum absolute atomic E-state index is 5.50. The zero-order chi connectivity index (χ0) is 10.5. The van der Waals surface area contributed by atoms with Crippen molar-refractivity contribution in [3.05, 3.63) is 23.8 Å². The average molecular weight is 225 g/mol. The Morgan fingerprint density at radius 3 is 2.80 bits per heavy atom. The van der Waals surface area contributed by atoms with Gasteiger partial charge in [0, 0.05) is 18.8 Å². The van der Waals surface area contributed by atoms with E-state index in [2.05, 4.69) is 24.0 Å². The largest absolute Gasteiger partial charge is 0.486 e. The van der Waals surface area contributed by atoms with Gasteiger partial charge in [0.2, 0.25) is 0 Å². The predicted octanol–water partition coefficient (Wildman–Crippen LogP) is 1.48. The summed E-state index contributed by atoms with van der Waals surface area (Å²) in [6.07, 6.45) is 0. The van der Waals surface area contributed by atoms with Crippen LogP contribution in [0.5, 0.6) is 11.5 Å². The third kappa shape index (κ3) is 2.79. The van der Waals surface area contributed by atoms with E-state index in [-0.39, 0.29) is 0 Å². The molecular weight excluding hydrogens is 210 g/mol. The Morgan fingerprint density at radius 1 is 1.20 bits per heavy atom. The highest BCUT2D eigenvalue weighted by Crippen LogP contribution is 2.30. The van der Waals surface area contributed by atoms with Crippen molar-refractivity contribution in [2.75, 3.05) is 25.5 Å². The molecule has 0 unspecified atom stereocenters. The number of benzene rings is 1. The van der Waals surface area contributed by atoms with E-state index in [1.165, 1.54) is 5.56 Å². The molecule has 0 saturated heterocycles. The summed E-state index contributed by atoms with van der Waals surface area (Å²) in [6.45, 7) is 3.04. The number of ether oxygens (including phenoxy) is 2. The van der Waals surface area contributed by atoms with Crippen molar-refractivity contribution >= 4 is 12.6 Å². The van der Waals surface area contributed by atoms with Gasteiger partial charge in [0.1, 0.15) is 13.2 Å². The van der Waals surface area contributed by atoms with Crippen molar-refractivity contribution in [2.24, 2.45) is 0 Å². The molecule has 1 aliphatic heterocycles. The van der Waals surface area contributed by atoms with Crippen LogP contribution in [0.15, 0.2) is 18.2 Å². The molecule has 0 amide bonds. The fraction of sp³-hybridized carbons (Fsp3) is 0.455. The highest BCUT2D eigenvalue weighted by atomic mass is 32.1. The van der Waals surface area contributed by atoms with Crippen LogP contribution < -0.4 is 14.8 Å². The standard InChI is InChI=1S/C11H15NO2S/c15-6-3-12-8-9-1-2-10-11(7-9)14-5-4-13-10/h1-2,7,12,15H,3-6,8H2. The molecule has 0 fully saturated rings. The molecule has 0 aliphatic carbocycles. The van der Waals surface area contributed by atoms with Gasteiger partial charge in [0.05, 0.1) is 0 Å². The minimum absolute atomic E-state index is 0.639. The van der Waals surface area contributed by atoms with Gasteiger partial charge < -0.3 is 14.8 Å². The Labute approximate surface area is 95.2 Å². The summed E-state index contributed by atoms with van der Waals surface area (Å²) < 4.78 is 10.9. The van der Waals surface area contributed by atoms with Crippen LogP contribution in [0.4, 0.5) is 0 Å². The minimum Gasteiger partial charge on any atom is -0.486 e. The van der Waals surface area contributed by atoms with Gasteiger partial charge in [-0.05, 0) is 17.7 Å². The van der Waals surface area contributed by atoms with Gasteiger partial charge in [-0.1, -0.05) is 6.07 Å². The highest BCUT2D eigenvalue weighted by Gasteiger charge is 2.11. The quantitative estimate of drug-likeness (QED) is 0.601. The van der Waals surface area contributed by atoms with Crippen molar-refractivity contribution in [3.63, 3.8) is 0 Å². The number of nitrogens with one attached hydrogen (secondary N) is 1. The van der Waals surface area contributed by atoms with Crippen LogP contribution in [-0.2, 0) is 6.54 Å². The van der Waals surface area contributed by atoms with Gasteiger partial charge in [0.15, 0.2) is 11.5 Å². The number of hydrogen-bond acceptors (Lipinski definition) is 4. The van der Waals surface area contributed by atoms with Crippen LogP contribution in [-0.4, -0.2) is 25.5 Å². The maximum Gasteiger partial charge on any atom is 0.161 e. The Kier molecular flexibility index (Phi) is 3.75. The summed E-state index contributed by atoms with van der Waals surface area (Å²) in [4.78, 5) is 0.